The molecule has 0 aliphatic heterocycles. The van der Waals surface area contributed by atoms with Crippen molar-refractivity contribution in [3.8, 4) is 0 Å². The first-order valence-electron chi connectivity index (χ1n) is 10.4. The highest BCUT2D eigenvalue weighted by atomic mass is 16.5. The van der Waals surface area contributed by atoms with Gasteiger partial charge in [-0.15, -0.1) is 0 Å². The predicted octanol–water partition coefficient (Wildman–Crippen LogP) is 6.47. The maximum absolute atomic E-state index is 11.2. The summed E-state index contributed by atoms with van der Waals surface area (Å²) >= 11 is 0. The zero-order valence-corrected chi connectivity index (χ0v) is 15.0. The van der Waals surface area contributed by atoms with E-state index >= 15 is 0 Å². The maximum Gasteiger partial charge on any atom is 0.305 e. The summed E-state index contributed by atoms with van der Waals surface area (Å²) in [7, 11) is -2.62. The molecule has 2 nitrogen and oxygen atoms in total. The van der Waals surface area contributed by atoms with Crippen LogP contribution in [-0.4, -0.2) is 13.0 Å². The molecule has 0 heterocycles. The lowest BCUT2D eigenvalue weighted by atomic mass is 10.2. The zero-order chi connectivity index (χ0) is 20.2. The number of ether oxygens (including phenoxy) is 1. The summed E-state index contributed by atoms with van der Waals surface area (Å²) in [6.45, 7) is 2.14. The molecular weight excluding hydrogens is 296 g/mol. The van der Waals surface area contributed by atoms with E-state index in [4.69, 9.17) is 4.11 Å². The van der Waals surface area contributed by atoms with Crippen molar-refractivity contribution in [2.24, 2.45) is 0 Å². The van der Waals surface area contributed by atoms with Crippen molar-refractivity contribution in [3.05, 3.63) is 60.8 Å². The van der Waals surface area contributed by atoms with Gasteiger partial charge in [-0.3, -0.25) is 4.79 Å². The van der Waals surface area contributed by atoms with E-state index in [1.165, 1.54) is 0 Å². The van der Waals surface area contributed by atoms with Crippen LogP contribution in [0.3, 0.4) is 0 Å². The lowest BCUT2D eigenvalue weighted by molar-refractivity contribution is -0.140. The highest BCUT2D eigenvalue weighted by molar-refractivity contribution is 5.68. The molecule has 0 aliphatic carbocycles. The normalized spacial score (nSPS) is 15.0. The second-order valence-electron chi connectivity index (χ2n) is 5.43. The molecule has 0 aromatic carbocycles. The molecule has 0 bridgehead atoms. The van der Waals surface area contributed by atoms with Gasteiger partial charge in [-0.2, -0.15) is 0 Å². The van der Waals surface area contributed by atoms with Crippen LogP contribution in [0.25, 0.3) is 0 Å². The summed E-state index contributed by atoms with van der Waals surface area (Å²) in [5, 5.41) is 0. The SMILES string of the molecule is [2H]C([2H])([2H])OC(=O)CCCC/C=C\C/C=C\C/C=C\C/C=C\C/C=C\CC. The van der Waals surface area contributed by atoms with E-state index in [2.05, 4.69) is 72.4 Å². The highest BCUT2D eigenvalue weighted by Gasteiger charge is 1.97. The first-order valence-corrected chi connectivity index (χ1v) is 8.92. The maximum atomic E-state index is 11.2. The van der Waals surface area contributed by atoms with Gasteiger partial charge in [0.1, 0.15) is 0 Å². The molecule has 0 saturated carbocycles. The van der Waals surface area contributed by atoms with Gasteiger partial charge in [0, 0.05) is 6.42 Å². The van der Waals surface area contributed by atoms with Gasteiger partial charge in [-0.05, 0) is 51.4 Å². The number of rotatable bonds is 14. The lowest BCUT2D eigenvalue weighted by Gasteiger charge is -1.96. The van der Waals surface area contributed by atoms with Gasteiger partial charge >= 0.3 is 5.97 Å². The number of carbonyl (C=O) groups excluding carboxylic acids is 1. The molecule has 2 heteroatoms. The minimum absolute atomic E-state index is 0.156. The fourth-order valence-electron chi connectivity index (χ4n) is 1.95. The fourth-order valence-corrected chi connectivity index (χ4v) is 1.95. The van der Waals surface area contributed by atoms with E-state index < -0.39 is 13.0 Å². The van der Waals surface area contributed by atoms with Crippen LogP contribution in [0, 0.1) is 0 Å². The van der Waals surface area contributed by atoms with Crippen molar-refractivity contribution >= 4 is 5.97 Å². The molecule has 0 spiro atoms. The molecule has 0 unspecified atom stereocenters. The van der Waals surface area contributed by atoms with Gasteiger partial charge in [0.25, 0.3) is 0 Å². The number of unbranched alkanes of at least 4 members (excludes halogenated alkanes) is 2. The van der Waals surface area contributed by atoms with Crippen LogP contribution >= 0.6 is 0 Å². The van der Waals surface area contributed by atoms with Gasteiger partial charge in [-0.25, -0.2) is 0 Å². The summed E-state index contributed by atoms with van der Waals surface area (Å²) in [6.07, 6.45) is 29.0. The van der Waals surface area contributed by atoms with Crippen LogP contribution in [0.2, 0.25) is 0 Å². The molecule has 0 aliphatic rings. The second-order valence-corrected chi connectivity index (χ2v) is 5.43. The molecule has 0 radical (unpaired) electrons. The third kappa shape index (κ3) is 18.2. The van der Waals surface area contributed by atoms with Gasteiger partial charge in [0.15, 0.2) is 0 Å². The number of carbonyl (C=O) groups is 1. The summed E-state index contributed by atoms with van der Waals surface area (Å²) in [4.78, 5) is 11.2. The number of hydrogen-bond acceptors (Lipinski definition) is 2. The van der Waals surface area contributed by atoms with Crippen molar-refractivity contribution in [1.29, 1.82) is 0 Å². The van der Waals surface area contributed by atoms with Crippen LogP contribution in [-0.2, 0) is 9.53 Å². The molecule has 0 atom stereocenters. The van der Waals surface area contributed by atoms with Gasteiger partial charge < -0.3 is 4.74 Å². The van der Waals surface area contributed by atoms with E-state index in [0.29, 0.717) is 6.42 Å². The smallest absolute Gasteiger partial charge is 0.305 e. The monoisotopic (exact) mass is 333 g/mol. The Kier molecular flexibility index (Phi) is 13.6. The Morgan fingerprint density at radius 1 is 0.792 bits per heavy atom. The zero-order valence-electron chi connectivity index (χ0n) is 18.0. The first kappa shape index (κ1) is 17.0. The van der Waals surface area contributed by atoms with E-state index in [0.717, 1.165) is 44.9 Å². The third-order valence-corrected chi connectivity index (χ3v) is 3.27. The summed E-state index contributed by atoms with van der Waals surface area (Å²) in [5.41, 5.74) is 0. The van der Waals surface area contributed by atoms with E-state index in [1.807, 2.05) is 0 Å². The Morgan fingerprint density at radius 3 is 1.79 bits per heavy atom. The van der Waals surface area contributed by atoms with Gasteiger partial charge in [0.05, 0.1) is 11.2 Å². The molecule has 0 saturated heterocycles. The predicted molar refractivity (Wildman–Crippen MR) is 105 cm³/mol. The van der Waals surface area contributed by atoms with Crippen LogP contribution < -0.4 is 0 Å². The lowest BCUT2D eigenvalue weighted by Crippen LogP contribution is -1.98. The summed E-state index contributed by atoms with van der Waals surface area (Å²) in [5.74, 6) is -0.654. The van der Waals surface area contributed by atoms with Gasteiger partial charge in [-0.1, -0.05) is 67.7 Å². The molecule has 0 rings (SSSR count). The molecule has 0 N–H and O–H groups in total. The van der Waals surface area contributed by atoms with Crippen molar-refractivity contribution in [2.45, 2.75) is 64.7 Å². The van der Waals surface area contributed by atoms with Crippen molar-refractivity contribution in [2.75, 3.05) is 7.04 Å². The highest BCUT2D eigenvalue weighted by Crippen LogP contribution is 2.02. The Morgan fingerprint density at radius 2 is 1.29 bits per heavy atom. The molecular formula is C22H34O2. The number of esters is 1. The van der Waals surface area contributed by atoms with E-state index in [9.17, 15) is 4.79 Å². The number of methoxy groups -OCH3 is 1. The Labute approximate surface area is 152 Å². The minimum Gasteiger partial charge on any atom is -0.469 e. The molecule has 0 amide bonds. The van der Waals surface area contributed by atoms with Crippen molar-refractivity contribution in [1.82, 2.24) is 0 Å². The average molecular weight is 334 g/mol. The fraction of sp³-hybridized carbons (Fsp3) is 0.500. The number of allylic oxidation sites excluding steroid dienone is 10. The van der Waals surface area contributed by atoms with E-state index in [1.54, 1.807) is 0 Å². The van der Waals surface area contributed by atoms with Crippen LogP contribution in [0.5, 0.6) is 0 Å². The van der Waals surface area contributed by atoms with Crippen LogP contribution in [0.4, 0.5) is 0 Å². The second kappa shape index (κ2) is 19.2. The average Bonchev–Trinajstić information content (AvgIpc) is 2.59. The Hall–Kier alpha value is -1.83. The molecule has 0 aromatic rings. The Balaban J connectivity index is 3.54. The quantitative estimate of drug-likeness (QED) is 0.207. The minimum atomic E-state index is -2.62. The molecule has 24 heavy (non-hydrogen) atoms. The van der Waals surface area contributed by atoms with Crippen LogP contribution in [0.1, 0.15) is 68.8 Å². The number of hydrogen-bond donors (Lipinski definition) is 0. The molecule has 134 valence electrons. The first-order chi connectivity index (χ1) is 13.0. The van der Waals surface area contributed by atoms with E-state index in [-0.39, 0.29) is 6.42 Å². The summed E-state index contributed by atoms with van der Waals surface area (Å²) < 4.78 is 24.8. The summed E-state index contributed by atoms with van der Waals surface area (Å²) in [6, 6.07) is 0. The molecule has 0 aromatic heterocycles. The largest absolute Gasteiger partial charge is 0.469 e. The Bertz CT molecular complexity index is 512. The van der Waals surface area contributed by atoms with Gasteiger partial charge in [0.2, 0.25) is 0 Å². The van der Waals surface area contributed by atoms with Crippen molar-refractivity contribution < 1.29 is 13.6 Å². The van der Waals surface area contributed by atoms with Crippen LogP contribution in [0.15, 0.2) is 60.8 Å². The molecule has 0 fully saturated rings. The third-order valence-electron chi connectivity index (χ3n) is 3.27. The van der Waals surface area contributed by atoms with Crippen molar-refractivity contribution in [3.63, 3.8) is 0 Å². The topological polar surface area (TPSA) is 26.3 Å². The standard InChI is InChI=1S/C22H34O2/c1-3-4-5-6-7-8-9-10-11-12-13-14-15-16-17-18-19-20-21-22(23)24-2/h4-5,7-8,10-11,13-14,16-17H,3,6,9,12,15,18-21H2,1-2H3/b5-4-,8-7-,11-10-,14-13-,17-16-/i2D3.